The summed E-state index contributed by atoms with van der Waals surface area (Å²) in [6.07, 6.45) is 1.24. The monoisotopic (exact) mass is 271 g/mol. The van der Waals surface area contributed by atoms with Gasteiger partial charge in [-0.25, -0.2) is 0 Å². The maximum Gasteiger partial charge on any atom is 0.442 e. The molecule has 0 radical (unpaired) electrons. The number of halogens is 3. The van der Waals surface area contributed by atoms with Gasteiger partial charge in [0.15, 0.2) is 0 Å². The third-order valence-electron chi connectivity index (χ3n) is 2.51. The van der Waals surface area contributed by atoms with Gasteiger partial charge in [-0.2, -0.15) is 13.2 Å². The van der Waals surface area contributed by atoms with Crippen molar-refractivity contribution in [3.8, 4) is 0 Å². The zero-order valence-electron chi connectivity index (χ0n) is 8.79. The van der Waals surface area contributed by atoms with E-state index >= 15 is 0 Å². The Labute approximate surface area is 99.9 Å². The molecule has 1 saturated carbocycles. The lowest BCUT2D eigenvalue weighted by Gasteiger charge is -2.12. The molecule has 1 aliphatic rings. The van der Waals surface area contributed by atoms with Crippen LogP contribution in [0.5, 0.6) is 0 Å². The van der Waals surface area contributed by atoms with Crippen LogP contribution in [0.15, 0.2) is 0 Å². The standard InChI is InChI=1S/C9H12F3NO3S/c10-9(11,12)17-4-7(14)13-6-2-1-5(3-6)8(15)16/h5-6H,1-4H2,(H,13,14)(H,15,16)/t5-,6+/m1/s1. The maximum atomic E-state index is 11.8. The topological polar surface area (TPSA) is 66.4 Å². The molecule has 98 valence electrons. The van der Waals surface area contributed by atoms with E-state index in [1.807, 2.05) is 0 Å². The normalized spacial score (nSPS) is 24.6. The quantitative estimate of drug-likeness (QED) is 0.815. The Hall–Kier alpha value is -0.920. The van der Waals surface area contributed by atoms with Crippen LogP contribution in [-0.2, 0) is 9.59 Å². The van der Waals surface area contributed by atoms with Gasteiger partial charge >= 0.3 is 11.5 Å². The second kappa shape index (κ2) is 5.61. The van der Waals surface area contributed by atoms with Crippen molar-refractivity contribution in [3.63, 3.8) is 0 Å². The first-order valence-corrected chi connectivity index (χ1v) is 5.99. The van der Waals surface area contributed by atoms with Crippen molar-refractivity contribution in [2.24, 2.45) is 5.92 Å². The van der Waals surface area contributed by atoms with Crippen molar-refractivity contribution in [2.75, 3.05) is 5.75 Å². The molecule has 0 aliphatic heterocycles. The number of hydrogen-bond donors (Lipinski definition) is 2. The lowest BCUT2D eigenvalue weighted by atomic mass is 10.1. The Morgan fingerprint density at radius 3 is 2.47 bits per heavy atom. The number of thioether (sulfide) groups is 1. The molecule has 0 aromatic carbocycles. The summed E-state index contributed by atoms with van der Waals surface area (Å²) >= 11 is -0.396. The van der Waals surface area contributed by atoms with Gasteiger partial charge < -0.3 is 10.4 Å². The molecule has 4 nitrogen and oxygen atoms in total. The van der Waals surface area contributed by atoms with Crippen molar-refractivity contribution in [1.82, 2.24) is 5.32 Å². The molecule has 2 N–H and O–H groups in total. The van der Waals surface area contributed by atoms with Crippen LogP contribution in [0.1, 0.15) is 19.3 Å². The first-order chi connectivity index (χ1) is 7.78. The number of carboxylic acid groups (broad SMARTS) is 1. The number of nitrogens with one attached hydrogen (secondary N) is 1. The first kappa shape index (κ1) is 14.1. The van der Waals surface area contributed by atoms with E-state index in [1.165, 1.54) is 0 Å². The van der Waals surface area contributed by atoms with Crippen LogP contribution in [0.2, 0.25) is 0 Å². The summed E-state index contributed by atoms with van der Waals surface area (Å²) in [5.41, 5.74) is -4.42. The Morgan fingerprint density at radius 2 is 2.00 bits per heavy atom. The number of alkyl halides is 3. The summed E-state index contributed by atoms with van der Waals surface area (Å²) in [7, 11) is 0. The number of amides is 1. The van der Waals surface area contributed by atoms with Crippen LogP contribution in [-0.4, -0.2) is 34.3 Å². The van der Waals surface area contributed by atoms with Crippen LogP contribution < -0.4 is 5.32 Å². The minimum Gasteiger partial charge on any atom is -0.481 e. The molecule has 0 aromatic rings. The van der Waals surface area contributed by atoms with Crippen LogP contribution in [0.4, 0.5) is 13.2 Å². The second-order valence-electron chi connectivity index (χ2n) is 3.85. The second-order valence-corrected chi connectivity index (χ2v) is 4.89. The highest BCUT2D eigenvalue weighted by Gasteiger charge is 2.32. The first-order valence-electron chi connectivity index (χ1n) is 5.01. The zero-order chi connectivity index (χ0) is 13.1. The van der Waals surface area contributed by atoms with Crippen molar-refractivity contribution >= 4 is 23.6 Å². The van der Waals surface area contributed by atoms with Gasteiger partial charge in [0.1, 0.15) is 0 Å². The molecule has 0 bridgehead atoms. The molecule has 1 aliphatic carbocycles. The van der Waals surface area contributed by atoms with E-state index in [9.17, 15) is 22.8 Å². The molecule has 8 heteroatoms. The van der Waals surface area contributed by atoms with Gasteiger partial charge in [-0.05, 0) is 31.0 Å². The molecular weight excluding hydrogens is 259 g/mol. The smallest absolute Gasteiger partial charge is 0.442 e. The van der Waals surface area contributed by atoms with Gasteiger partial charge in [0.05, 0.1) is 11.7 Å². The van der Waals surface area contributed by atoms with E-state index in [-0.39, 0.29) is 12.5 Å². The summed E-state index contributed by atoms with van der Waals surface area (Å²) in [6.45, 7) is 0. The van der Waals surface area contributed by atoms with Crippen molar-refractivity contribution in [3.05, 3.63) is 0 Å². The van der Waals surface area contributed by atoms with E-state index in [1.54, 1.807) is 0 Å². The van der Waals surface area contributed by atoms with Crippen LogP contribution in [0.25, 0.3) is 0 Å². The molecule has 0 aromatic heterocycles. The van der Waals surface area contributed by atoms with Crippen molar-refractivity contribution < 1.29 is 27.9 Å². The van der Waals surface area contributed by atoms with Gasteiger partial charge in [-0.3, -0.25) is 9.59 Å². The molecule has 1 fully saturated rings. The lowest BCUT2D eigenvalue weighted by Crippen LogP contribution is -2.35. The van der Waals surface area contributed by atoms with Gasteiger partial charge in [0, 0.05) is 6.04 Å². The fourth-order valence-electron chi connectivity index (χ4n) is 1.75. The fourth-order valence-corrected chi connectivity index (χ4v) is 2.13. The molecule has 1 rings (SSSR count). The minimum atomic E-state index is -4.42. The van der Waals surface area contributed by atoms with E-state index in [4.69, 9.17) is 5.11 Å². The fraction of sp³-hybridized carbons (Fsp3) is 0.778. The molecule has 0 heterocycles. The third-order valence-corrected chi connectivity index (χ3v) is 3.25. The Kier molecular flexibility index (Phi) is 4.67. The molecule has 0 spiro atoms. The minimum absolute atomic E-state index is 0.289. The molecule has 2 atom stereocenters. The highest BCUT2D eigenvalue weighted by molar-refractivity contribution is 8.00. The molecule has 17 heavy (non-hydrogen) atoms. The van der Waals surface area contributed by atoms with Crippen LogP contribution in [0.3, 0.4) is 0 Å². The maximum absolute atomic E-state index is 11.8. The summed E-state index contributed by atoms with van der Waals surface area (Å²) in [4.78, 5) is 21.8. The summed E-state index contributed by atoms with van der Waals surface area (Å²) in [5, 5.41) is 11.1. The summed E-state index contributed by atoms with van der Waals surface area (Å²) in [6, 6.07) is -0.322. The Balaban J connectivity index is 2.26. The van der Waals surface area contributed by atoms with E-state index < -0.39 is 40.8 Å². The Morgan fingerprint density at radius 1 is 1.35 bits per heavy atom. The molecular formula is C9H12F3NO3S. The molecule has 0 saturated heterocycles. The number of aliphatic carboxylic acids is 1. The average Bonchev–Trinajstić information content (AvgIpc) is 2.62. The molecule has 0 unspecified atom stereocenters. The lowest BCUT2D eigenvalue weighted by molar-refractivity contribution is -0.141. The average molecular weight is 271 g/mol. The largest absolute Gasteiger partial charge is 0.481 e. The van der Waals surface area contributed by atoms with Gasteiger partial charge in [-0.15, -0.1) is 0 Å². The van der Waals surface area contributed by atoms with Gasteiger partial charge in [0.25, 0.3) is 0 Å². The highest BCUT2D eigenvalue weighted by atomic mass is 32.2. The Bertz CT molecular complexity index is 308. The molecule has 1 amide bonds. The zero-order valence-corrected chi connectivity index (χ0v) is 9.61. The number of carbonyl (C=O) groups excluding carboxylic acids is 1. The van der Waals surface area contributed by atoms with Crippen molar-refractivity contribution in [1.29, 1.82) is 0 Å². The van der Waals surface area contributed by atoms with E-state index in [0.717, 1.165) is 0 Å². The van der Waals surface area contributed by atoms with Gasteiger partial charge in [0.2, 0.25) is 5.91 Å². The van der Waals surface area contributed by atoms with Gasteiger partial charge in [-0.1, -0.05) is 0 Å². The van der Waals surface area contributed by atoms with Crippen molar-refractivity contribution in [2.45, 2.75) is 30.8 Å². The summed E-state index contributed by atoms with van der Waals surface area (Å²) in [5.74, 6) is -2.82. The van der Waals surface area contributed by atoms with E-state index in [2.05, 4.69) is 5.32 Å². The number of carboxylic acids is 1. The third kappa shape index (κ3) is 5.29. The predicted octanol–water partition coefficient (Wildman–Crippen LogP) is 1.61. The SMILES string of the molecule is O=C(CSC(F)(F)F)N[C@H]1CC[C@@H](C(=O)O)C1. The predicted molar refractivity (Wildman–Crippen MR) is 55.4 cm³/mol. The highest BCUT2D eigenvalue weighted by Crippen LogP contribution is 2.30. The number of rotatable bonds is 4. The number of hydrogen-bond acceptors (Lipinski definition) is 3. The number of carbonyl (C=O) groups is 2. The van der Waals surface area contributed by atoms with E-state index in [0.29, 0.717) is 12.8 Å². The summed E-state index contributed by atoms with van der Waals surface area (Å²) < 4.78 is 35.4. The van der Waals surface area contributed by atoms with Crippen LogP contribution in [0, 0.1) is 5.92 Å². The van der Waals surface area contributed by atoms with Crippen LogP contribution >= 0.6 is 11.8 Å².